The van der Waals surface area contributed by atoms with Crippen LogP contribution < -0.4 is 0 Å². The standard InChI is InChI=1S/C60H104N2O16S5/c1-61(2)29-39-80-49-45-53(63)71-31-21-13-7-11-19-27-37-77-59(69)51(47-55(65)73-33-23-15-5-9-17-25-35-75-57(49)67)82-43-41-79-42-44-83-52-48-56(66)74-34-24-16-6-10-18-26-36-76-58(68)50(81-40-30-62(3)4)46-54(64)72-32-22-14-8-12-20-28-38-78-60(52)70/h49-52H,5-48H2,1-4H3. The molecule has 2 saturated heterocycles. The number of ether oxygens (including phenoxy) is 8. The van der Waals surface area contributed by atoms with Crippen LogP contribution in [0.2, 0.25) is 0 Å². The van der Waals surface area contributed by atoms with E-state index in [1.54, 1.807) is 11.8 Å². The van der Waals surface area contributed by atoms with E-state index in [1.165, 1.54) is 47.0 Å². The molecule has 0 aromatic rings. The van der Waals surface area contributed by atoms with Crippen LogP contribution in [0.1, 0.15) is 180 Å². The zero-order chi connectivity index (χ0) is 60.4. The topological polar surface area (TPSA) is 217 Å². The number of thioether (sulfide) groups is 5. The van der Waals surface area contributed by atoms with E-state index in [0.717, 1.165) is 142 Å². The Bertz CT molecular complexity index is 1650. The molecule has 0 bridgehead atoms. The van der Waals surface area contributed by atoms with Crippen LogP contribution in [0.3, 0.4) is 0 Å². The first-order valence-electron chi connectivity index (χ1n) is 30.9. The van der Waals surface area contributed by atoms with Crippen molar-refractivity contribution in [2.45, 2.75) is 201 Å². The Morgan fingerprint density at radius 3 is 0.687 bits per heavy atom. The molecule has 0 aromatic carbocycles. The van der Waals surface area contributed by atoms with Crippen molar-refractivity contribution in [1.29, 1.82) is 0 Å². The van der Waals surface area contributed by atoms with Crippen LogP contribution in [-0.4, -0.2) is 207 Å². The molecule has 2 fully saturated rings. The Morgan fingerprint density at radius 1 is 0.277 bits per heavy atom. The maximum atomic E-state index is 13.4. The second kappa shape index (κ2) is 52.5. The zero-order valence-electron chi connectivity index (χ0n) is 50.9. The van der Waals surface area contributed by atoms with Crippen LogP contribution in [0.25, 0.3) is 0 Å². The Balaban J connectivity index is 1.86. The summed E-state index contributed by atoms with van der Waals surface area (Å²) < 4.78 is 44.7. The van der Waals surface area contributed by atoms with E-state index in [0.29, 0.717) is 86.6 Å². The van der Waals surface area contributed by atoms with Gasteiger partial charge in [-0.05, 0) is 79.6 Å². The number of carbonyl (C=O) groups excluding carboxylic acids is 8. The number of esters is 8. The molecule has 0 saturated carbocycles. The van der Waals surface area contributed by atoms with E-state index in [1.807, 2.05) is 38.0 Å². The molecular formula is C60H104N2O16S5. The van der Waals surface area contributed by atoms with E-state index in [-0.39, 0.29) is 76.0 Å². The molecule has 480 valence electrons. The highest BCUT2D eigenvalue weighted by atomic mass is 32.2. The third kappa shape index (κ3) is 44.5. The van der Waals surface area contributed by atoms with Crippen LogP contribution in [-0.2, 0) is 76.3 Å². The van der Waals surface area contributed by atoms with Crippen molar-refractivity contribution in [3.8, 4) is 0 Å². The van der Waals surface area contributed by atoms with Gasteiger partial charge in [0.25, 0.3) is 0 Å². The summed E-state index contributed by atoms with van der Waals surface area (Å²) in [4.78, 5) is 108. The average molecular weight is 1270 g/mol. The maximum absolute atomic E-state index is 13.4. The van der Waals surface area contributed by atoms with Crippen LogP contribution in [0.4, 0.5) is 0 Å². The van der Waals surface area contributed by atoms with Gasteiger partial charge in [-0.2, -0.15) is 11.8 Å². The predicted octanol–water partition coefficient (Wildman–Crippen LogP) is 10.5. The van der Waals surface area contributed by atoms with Crippen LogP contribution >= 0.6 is 58.8 Å². The minimum atomic E-state index is -0.706. The molecule has 0 radical (unpaired) electrons. The molecule has 2 aliphatic rings. The maximum Gasteiger partial charge on any atom is 0.319 e. The summed E-state index contributed by atoms with van der Waals surface area (Å²) in [5, 5.41) is -2.61. The second-order valence-electron chi connectivity index (χ2n) is 21.5. The quantitative estimate of drug-likeness (QED) is 0.0797. The van der Waals surface area contributed by atoms with E-state index in [2.05, 4.69) is 0 Å². The fourth-order valence-corrected chi connectivity index (χ4v) is 14.3. The van der Waals surface area contributed by atoms with Gasteiger partial charge in [-0.15, -0.1) is 47.0 Å². The van der Waals surface area contributed by atoms with Gasteiger partial charge in [0.15, 0.2) is 0 Å². The number of hydrogen-bond acceptors (Lipinski definition) is 23. The van der Waals surface area contributed by atoms with Crippen molar-refractivity contribution in [3.05, 3.63) is 0 Å². The monoisotopic (exact) mass is 1270 g/mol. The lowest BCUT2D eigenvalue weighted by Gasteiger charge is -2.17. The lowest BCUT2D eigenvalue weighted by atomic mass is 10.1. The van der Waals surface area contributed by atoms with E-state index < -0.39 is 44.9 Å². The fourth-order valence-electron chi connectivity index (χ4n) is 8.49. The molecule has 0 spiro atoms. The lowest BCUT2D eigenvalue weighted by molar-refractivity contribution is -0.150. The lowest BCUT2D eigenvalue weighted by Crippen LogP contribution is -2.27. The van der Waals surface area contributed by atoms with E-state index in [4.69, 9.17) is 37.9 Å². The molecule has 2 heterocycles. The molecule has 18 nitrogen and oxygen atoms in total. The minimum absolute atomic E-state index is 0.0133. The van der Waals surface area contributed by atoms with Gasteiger partial charge in [-0.1, -0.05) is 103 Å². The molecule has 0 N–H and O–H groups in total. The first-order valence-corrected chi connectivity index (χ1v) is 36.2. The zero-order valence-corrected chi connectivity index (χ0v) is 55.0. The van der Waals surface area contributed by atoms with Crippen molar-refractivity contribution >= 4 is 107 Å². The van der Waals surface area contributed by atoms with Crippen LogP contribution in [0.5, 0.6) is 0 Å². The number of hydrogen-bond donors (Lipinski definition) is 0. The van der Waals surface area contributed by atoms with Crippen molar-refractivity contribution in [1.82, 2.24) is 9.80 Å². The number of carbonyl (C=O) groups is 8. The highest BCUT2D eigenvalue weighted by Crippen LogP contribution is 2.25. The summed E-state index contributed by atoms with van der Waals surface area (Å²) in [5.74, 6) is 0.713. The third-order valence-electron chi connectivity index (χ3n) is 13.5. The van der Waals surface area contributed by atoms with Gasteiger partial charge in [0, 0.05) is 47.6 Å². The Hall–Kier alpha value is -2.57. The fraction of sp³-hybridized carbons (Fsp3) is 0.867. The molecule has 0 aromatic heterocycles. The highest BCUT2D eigenvalue weighted by molar-refractivity contribution is 8.05. The first kappa shape index (κ1) is 76.5. The molecule has 0 amide bonds. The molecule has 4 unspecified atom stereocenters. The van der Waals surface area contributed by atoms with Gasteiger partial charge in [0.2, 0.25) is 0 Å². The smallest absolute Gasteiger partial charge is 0.319 e. The summed E-state index contributed by atoms with van der Waals surface area (Å²) >= 11 is 7.29. The Morgan fingerprint density at radius 2 is 0.470 bits per heavy atom. The molecule has 23 heteroatoms. The number of nitrogens with zero attached hydrogens (tertiary/aromatic N) is 2. The van der Waals surface area contributed by atoms with Crippen LogP contribution in [0, 0.1) is 0 Å². The average Bonchev–Trinajstić information content (AvgIpc) is 3.45. The van der Waals surface area contributed by atoms with Crippen molar-refractivity contribution in [2.75, 3.05) is 129 Å². The largest absolute Gasteiger partial charge is 0.466 e. The summed E-state index contributed by atoms with van der Waals surface area (Å²) in [5.41, 5.74) is 0. The molecule has 0 aliphatic carbocycles. The van der Waals surface area contributed by atoms with Gasteiger partial charge in [0.1, 0.15) is 21.0 Å². The molecule has 2 rings (SSSR count). The normalized spacial score (nSPS) is 23.5. The van der Waals surface area contributed by atoms with Gasteiger partial charge in [-0.3, -0.25) is 38.4 Å². The van der Waals surface area contributed by atoms with Gasteiger partial charge >= 0.3 is 47.8 Å². The number of cyclic esters (lactones) is 8. The van der Waals surface area contributed by atoms with Gasteiger partial charge in [0.05, 0.1) is 78.5 Å². The third-order valence-corrected chi connectivity index (χ3v) is 19.7. The Labute approximate surface area is 519 Å². The highest BCUT2D eigenvalue weighted by Gasteiger charge is 2.29. The van der Waals surface area contributed by atoms with E-state index in [9.17, 15) is 38.4 Å². The molecular weight excluding hydrogens is 1160 g/mol. The Kier molecular flexibility index (Phi) is 48.4. The van der Waals surface area contributed by atoms with Crippen molar-refractivity contribution in [2.24, 2.45) is 0 Å². The SMILES string of the molecule is CN(C)CCSC1CC(=O)OCCCCCCCCOC(=O)C(SCCSCCSC2CC(=O)OCCCCCCCCOC(=O)C(SCCN(C)C)CC(=O)OCCCCCCCCOC2=O)CC(=O)OCCCCCCCCOC1=O. The molecule has 4 atom stereocenters. The second-order valence-corrected chi connectivity index (χ2v) is 28.0. The van der Waals surface area contributed by atoms with Crippen molar-refractivity contribution in [3.63, 3.8) is 0 Å². The van der Waals surface area contributed by atoms with Crippen molar-refractivity contribution < 1.29 is 76.3 Å². The molecule has 2 aliphatic heterocycles. The summed E-state index contributed by atoms with van der Waals surface area (Å²) in [6, 6.07) is 0. The molecule has 83 heavy (non-hydrogen) atoms. The summed E-state index contributed by atoms with van der Waals surface area (Å²) in [6.45, 7) is 3.79. The summed E-state index contributed by atoms with van der Waals surface area (Å²) in [6.07, 6.45) is 19.9. The van der Waals surface area contributed by atoms with E-state index >= 15 is 0 Å². The summed E-state index contributed by atoms with van der Waals surface area (Å²) in [7, 11) is 7.87. The minimum Gasteiger partial charge on any atom is -0.466 e. The predicted molar refractivity (Wildman–Crippen MR) is 336 cm³/mol. The van der Waals surface area contributed by atoms with Gasteiger partial charge < -0.3 is 47.7 Å². The van der Waals surface area contributed by atoms with Crippen LogP contribution in [0.15, 0.2) is 0 Å². The van der Waals surface area contributed by atoms with Gasteiger partial charge in [-0.25, -0.2) is 0 Å². The first-order chi connectivity index (χ1) is 40.2. The number of rotatable bonds is 16.